The molecule has 5 rings (SSSR count). The average Bonchev–Trinajstić information content (AvgIpc) is 3.03. The number of nitrogens with zero attached hydrogens (tertiary/aromatic N) is 5. The Hall–Kier alpha value is -3.63. The number of carbonyl (C=O) groups is 1. The van der Waals surface area contributed by atoms with E-state index < -0.39 is 0 Å². The number of thioether (sulfide) groups is 1. The molecule has 1 fully saturated rings. The first kappa shape index (κ1) is 28.9. The Morgan fingerprint density at radius 1 is 0.829 bits per heavy atom. The van der Waals surface area contributed by atoms with E-state index in [1.807, 2.05) is 66.1 Å². The molecule has 8 nitrogen and oxygen atoms in total. The minimum absolute atomic E-state index is 0.0964. The largest absolute Gasteiger partial charge is 0.307 e. The topological polar surface area (TPSA) is 86.3 Å². The van der Waals surface area contributed by atoms with Crippen molar-refractivity contribution in [1.29, 1.82) is 0 Å². The molecule has 1 aliphatic heterocycles. The molecule has 1 amide bonds. The first-order valence-electron chi connectivity index (χ1n) is 14.1. The molecule has 3 aromatic heterocycles. The van der Waals surface area contributed by atoms with E-state index in [-0.39, 0.29) is 5.91 Å². The zero-order valence-electron chi connectivity index (χ0n) is 23.4. The van der Waals surface area contributed by atoms with Crippen LogP contribution in [0.15, 0.2) is 96.4 Å². The third kappa shape index (κ3) is 8.43. The van der Waals surface area contributed by atoms with Crippen LogP contribution in [0, 0.1) is 0 Å². The van der Waals surface area contributed by atoms with E-state index in [0.717, 1.165) is 68.5 Å². The lowest BCUT2D eigenvalue weighted by molar-refractivity contribution is 0.0546. The number of nitrogens with one attached hydrogen (secondary N) is 2. The van der Waals surface area contributed by atoms with Crippen molar-refractivity contribution in [2.24, 2.45) is 0 Å². The number of rotatable bonds is 12. The second kappa shape index (κ2) is 14.8. The SMILES string of the molecule is CSc1ncccc1C(=O)NN1CCC(N(Cc2ccc(CNCc3ccccn3)cc2)Cc2ccccn2)CC1. The summed E-state index contributed by atoms with van der Waals surface area (Å²) in [5.74, 6) is -0.0964. The summed E-state index contributed by atoms with van der Waals surface area (Å²) in [5, 5.41) is 6.27. The molecule has 212 valence electrons. The van der Waals surface area contributed by atoms with Gasteiger partial charge in [0.15, 0.2) is 0 Å². The van der Waals surface area contributed by atoms with Crippen LogP contribution in [0.3, 0.4) is 0 Å². The summed E-state index contributed by atoms with van der Waals surface area (Å²) in [6.07, 6.45) is 9.27. The molecule has 0 unspecified atom stereocenters. The number of aromatic nitrogens is 3. The van der Waals surface area contributed by atoms with Crippen molar-refractivity contribution in [3.05, 3.63) is 119 Å². The van der Waals surface area contributed by atoms with Crippen LogP contribution < -0.4 is 10.7 Å². The molecule has 2 N–H and O–H groups in total. The maximum atomic E-state index is 12.9. The molecule has 0 bridgehead atoms. The van der Waals surface area contributed by atoms with Gasteiger partial charge in [-0.1, -0.05) is 36.4 Å². The predicted octanol–water partition coefficient (Wildman–Crippen LogP) is 4.69. The first-order valence-corrected chi connectivity index (χ1v) is 15.3. The van der Waals surface area contributed by atoms with Gasteiger partial charge in [-0.05, 0) is 66.6 Å². The third-order valence-electron chi connectivity index (χ3n) is 7.31. The maximum Gasteiger partial charge on any atom is 0.268 e. The van der Waals surface area contributed by atoms with Crippen LogP contribution in [-0.2, 0) is 26.2 Å². The molecule has 1 aliphatic rings. The van der Waals surface area contributed by atoms with Gasteiger partial charge >= 0.3 is 0 Å². The molecule has 0 aliphatic carbocycles. The van der Waals surface area contributed by atoms with Crippen molar-refractivity contribution in [2.45, 2.75) is 50.1 Å². The molecule has 0 saturated carbocycles. The van der Waals surface area contributed by atoms with Crippen molar-refractivity contribution in [1.82, 2.24) is 35.6 Å². The summed E-state index contributed by atoms with van der Waals surface area (Å²) in [5.41, 5.74) is 8.37. The van der Waals surface area contributed by atoms with E-state index >= 15 is 0 Å². The summed E-state index contributed by atoms with van der Waals surface area (Å²) in [6.45, 7) is 4.78. The Bertz CT molecular complexity index is 1360. The molecular weight excluding hydrogens is 530 g/mol. The van der Waals surface area contributed by atoms with Gasteiger partial charge in [-0.25, -0.2) is 9.99 Å². The highest BCUT2D eigenvalue weighted by molar-refractivity contribution is 7.98. The van der Waals surface area contributed by atoms with Gasteiger partial charge in [0.25, 0.3) is 5.91 Å². The number of hydrazine groups is 1. The van der Waals surface area contributed by atoms with Gasteiger partial charge in [-0.2, -0.15) is 0 Å². The van der Waals surface area contributed by atoms with Gasteiger partial charge in [-0.15, -0.1) is 11.8 Å². The van der Waals surface area contributed by atoms with Gasteiger partial charge < -0.3 is 5.32 Å². The molecule has 4 aromatic rings. The lowest BCUT2D eigenvalue weighted by Crippen LogP contribution is -2.51. The minimum Gasteiger partial charge on any atom is -0.307 e. The summed E-state index contributed by atoms with van der Waals surface area (Å²) >= 11 is 1.49. The summed E-state index contributed by atoms with van der Waals surface area (Å²) in [6, 6.07) is 25.0. The monoisotopic (exact) mass is 567 g/mol. The van der Waals surface area contributed by atoms with Crippen LogP contribution in [-0.4, -0.2) is 56.2 Å². The number of piperidine rings is 1. The molecule has 1 aromatic carbocycles. The summed E-state index contributed by atoms with van der Waals surface area (Å²) in [4.78, 5) is 28.8. The fourth-order valence-electron chi connectivity index (χ4n) is 5.12. The normalized spacial score (nSPS) is 14.3. The number of benzene rings is 1. The first-order chi connectivity index (χ1) is 20.2. The standard InChI is InChI=1S/C32H37N7OS/c1-41-32-30(9-6-18-36-32)31(40)37-39-19-14-29(15-20-39)38(24-28-8-3-5-17-35-28)23-26-12-10-25(11-13-26)21-33-22-27-7-2-4-16-34-27/h2-13,16-18,29,33H,14-15,19-24H2,1H3,(H,37,40). The molecule has 9 heteroatoms. The predicted molar refractivity (Wildman–Crippen MR) is 163 cm³/mol. The number of carbonyl (C=O) groups excluding carboxylic acids is 1. The highest BCUT2D eigenvalue weighted by Gasteiger charge is 2.26. The molecule has 0 radical (unpaired) electrons. The van der Waals surface area contributed by atoms with Crippen LogP contribution in [0.25, 0.3) is 0 Å². The second-order valence-corrected chi connectivity index (χ2v) is 11.0. The van der Waals surface area contributed by atoms with Gasteiger partial charge in [0.05, 0.1) is 17.0 Å². The van der Waals surface area contributed by atoms with E-state index in [1.165, 1.54) is 22.9 Å². The number of hydrogen-bond donors (Lipinski definition) is 2. The van der Waals surface area contributed by atoms with Crippen molar-refractivity contribution in [3.8, 4) is 0 Å². The highest BCUT2D eigenvalue weighted by atomic mass is 32.2. The fourth-order valence-corrected chi connectivity index (χ4v) is 5.67. The lowest BCUT2D eigenvalue weighted by atomic mass is 10.0. The smallest absolute Gasteiger partial charge is 0.268 e. The number of pyridine rings is 3. The Morgan fingerprint density at radius 3 is 2.20 bits per heavy atom. The van der Waals surface area contributed by atoms with E-state index in [4.69, 9.17) is 0 Å². The summed E-state index contributed by atoms with van der Waals surface area (Å²) in [7, 11) is 0. The molecule has 4 heterocycles. The third-order valence-corrected chi connectivity index (χ3v) is 8.02. The highest BCUT2D eigenvalue weighted by Crippen LogP contribution is 2.22. The molecule has 1 saturated heterocycles. The van der Waals surface area contributed by atoms with E-state index in [2.05, 4.69) is 60.9 Å². The van der Waals surface area contributed by atoms with Gasteiger partial charge in [0.2, 0.25) is 0 Å². The molecule has 41 heavy (non-hydrogen) atoms. The van der Waals surface area contributed by atoms with Crippen LogP contribution in [0.5, 0.6) is 0 Å². The van der Waals surface area contributed by atoms with Crippen molar-refractivity contribution in [2.75, 3.05) is 19.3 Å². The van der Waals surface area contributed by atoms with Crippen molar-refractivity contribution < 1.29 is 4.79 Å². The Morgan fingerprint density at radius 2 is 1.51 bits per heavy atom. The van der Waals surface area contributed by atoms with Gasteiger partial charge in [-0.3, -0.25) is 25.1 Å². The van der Waals surface area contributed by atoms with E-state index in [1.54, 1.807) is 6.20 Å². The molecule has 0 spiro atoms. The van der Waals surface area contributed by atoms with Crippen molar-refractivity contribution >= 4 is 17.7 Å². The van der Waals surface area contributed by atoms with E-state index in [0.29, 0.717) is 11.6 Å². The Kier molecular flexibility index (Phi) is 10.5. The molecule has 0 atom stereocenters. The number of amides is 1. The van der Waals surface area contributed by atoms with Gasteiger partial charge in [0, 0.05) is 63.9 Å². The van der Waals surface area contributed by atoms with Crippen LogP contribution in [0.1, 0.15) is 45.7 Å². The lowest BCUT2D eigenvalue weighted by Gasteiger charge is -2.38. The van der Waals surface area contributed by atoms with Crippen LogP contribution >= 0.6 is 11.8 Å². The average molecular weight is 568 g/mol. The van der Waals surface area contributed by atoms with Crippen LogP contribution in [0.2, 0.25) is 0 Å². The Balaban J connectivity index is 1.17. The fraction of sp³-hybridized carbons (Fsp3) is 0.312. The second-order valence-electron chi connectivity index (χ2n) is 10.2. The number of hydrogen-bond acceptors (Lipinski definition) is 8. The zero-order valence-corrected chi connectivity index (χ0v) is 24.3. The van der Waals surface area contributed by atoms with E-state index in [9.17, 15) is 4.79 Å². The zero-order chi connectivity index (χ0) is 28.3. The van der Waals surface area contributed by atoms with Gasteiger partial charge in [0.1, 0.15) is 5.03 Å². The van der Waals surface area contributed by atoms with Crippen molar-refractivity contribution in [3.63, 3.8) is 0 Å². The Labute approximate surface area is 246 Å². The molecular formula is C32H37N7OS. The van der Waals surface area contributed by atoms with Crippen LogP contribution in [0.4, 0.5) is 0 Å². The quantitative estimate of drug-likeness (QED) is 0.239. The minimum atomic E-state index is -0.0964. The summed E-state index contributed by atoms with van der Waals surface area (Å²) < 4.78 is 0. The maximum absolute atomic E-state index is 12.9.